The molecule has 1 aliphatic heterocycles. The van der Waals surface area contributed by atoms with Gasteiger partial charge in [-0.15, -0.1) is 0 Å². The van der Waals surface area contributed by atoms with E-state index in [1.165, 1.54) is 103 Å². The molecule has 0 saturated heterocycles. The second-order valence-corrected chi connectivity index (χ2v) is 21.3. The Balaban J connectivity index is 0.817. The third-order valence-electron chi connectivity index (χ3n) is 16.1. The molecule has 1 atom stereocenters. The summed E-state index contributed by atoms with van der Waals surface area (Å²) >= 11 is 1.97. The maximum absolute atomic E-state index is 6.46. The first kappa shape index (κ1) is 43.1. The molecule has 3 nitrogen and oxygen atoms in total. The van der Waals surface area contributed by atoms with Crippen molar-refractivity contribution in [3.63, 3.8) is 0 Å². The summed E-state index contributed by atoms with van der Waals surface area (Å²) in [6.07, 6.45) is 5.75. The summed E-state index contributed by atoms with van der Waals surface area (Å²) in [4.78, 5) is 2.85. The minimum absolute atomic E-state index is 0.370. The van der Waals surface area contributed by atoms with Crippen molar-refractivity contribution in [2.45, 2.75) is 17.2 Å². The van der Waals surface area contributed by atoms with E-state index in [9.17, 15) is 0 Å². The molecule has 0 amide bonds. The van der Waals surface area contributed by atoms with Gasteiger partial charge >= 0.3 is 0 Å². The van der Waals surface area contributed by atoms with Crippen molar-refractivity contribution in [1.82, 2.24) is 9.13 Å². The SMILES string of the molecule is C1=CC(c2ccc(-n3c4ccc(-c5ccc(-c6cccc7c6oc6ccccc67)cc5)cc4c4cc(-c5ccc6c(c5)c5ccccc5n6-c5ccccc5)ccc43)cc2)=C2Sc3c(-c4ccccc4)cccc3C2C1. The monoisotopic (exact) mass is 986 g/mol. The Morgan fingerprint density at radius 3 is 1.61 bits per heavy atom. The zero-order chi connectivity index (χ0) is 49.8. The molecule has 2 aliphatic rings. The van der Waals surface area contributed by atoms with Crippen LogP contribution < -0.4 is 0 Å². The molecule has 0 fully saturated rings. The molecule has 76 heavy (non-hydrogen) atoms. The molecule has 4 heterocycles. The quantitative estimate of drug-likeness (QED) is 0.159. The third kappa shape index (κ3) is 6.70. The van der Waals surface area contributed by atoms with Crippen LogP contribution in [0.2, 0.25) is 0 Å². The van der Waals surface area contributed by atoms with Crippen molar-refractivity contribution in [3.05, 3.63) is 277 Å². The van der Waals surface area contributed by atoms with Crippen molar-refractivity contribution >= 4 is 82.9 Å². The van der Waals surface area contributed by atoms with Crippen LogP contribution in [0, 0.1) is 0 Å². The van der Waals surface area contributed by atoms with Crippen molar-refractivity contribution in [2.75, 3.05) is 0 Å². The van der Waals surface area contributed by atoms with Crippen LogP contribution in [0.5, 0.6) is 0 Å². The Kier molecular flexibility index (Phi) is 9.70. The summed E-state index contributed by atoms with van der Waals surface area (Å²) in [5.41, 5.74) is 22.4. The number of thioether (sulfide) groups is 1. The predicted octanol–water partition coefficient (Wildman–Crippen LogP) is 20.0. The summed E-state index contributed by atoms with van der Waals surface area (Å²) < 4.78 is 11.3. The Hall–Kier alpha value is -9.35. The van der Waals surface area contributed by atoms with Crippen LogP contribution in [0.25, 0.3) is 127 Å². The van der Waals surface area contributed by atoms with Crippen LogP contribution in [-0.2, 0) is 0 Å². The van der Waals surface area contributed by atoms with Crippen LogP contribution in [0.4, 0.5) is 0 Å². The average Bonchev–Trinajstić information content (AvgIpc) is 4.26. The fourth-order valence-corrected chi connectivity index (χ4v) is 14.0. The third-order valence-corrected chi connectivity index (χ3v) is 17.5. The molecule has 0 N–H and O–H groups in total. The van der Waals surface area contributed by atoms with Gasteiger partial charge in [0.1, 0.15) is 11.2 Å². The van der Waals surface area contributed by atoms with Crippen LogP contribution in [0.1, 0.15) is 23.5 Å². The zero-order valence-electron chi connectivity index (χ0n) is 41.3. The van der Waals surface area contributed by atoms with Gasteiger partial charge in [0.25, 0.3) is 0 Å². The Labute approximate surface area is 443 Å². The molecule has 0 radical (unpaired) electrons. The maximum Gasteiger partial charge on any atom is 0.143 e. The van der Waals surface area contributed by atoms with Gasteiger partial charge in [-0.05, 0) is 135 Å². The van der Waals surface area contributed by atoms with Gasteiger partial charge in [0.05, 0.1) is 22.1 Å². The highest BCUT2D eigenvalue weighted by atomic mass is 32.2. The smallest absolute Gasteiger partial charge is 0.143 e. The molecule has 3 aromatic heterocycles. The van der Waals surface area contributed by atoms with Gasteiger partial charge in [-0.3, -0.25) is 0 Å². The number of furan rings is 1. The number of aromatic nitrogens is 2. The lowest BCUT2D eigenvalue weighted by Crippen LogP contribution is -2.01. The van der Waals surface area contributed by atoms with Gasteiger partial charge in [0.2, 0.25) is 0 Å². The van der Waals surface area contributed by atoms with Crippen molar-refractivity contribution in [2.24, 2.45) is 0 Å². The molecule has 16 rings (SSSR count). The first-order chi connectivity index (χ1) is 37.7. The van der Waals surface area contributed by atoms with E-state index in [0.29, 0.717) is 5.92 Å². The first-order valence-electron chi connectivity index (χ1n) is 26.2. The van der Waals surface area contributed by atoms with Gasteiger partial charge in [0.15, 0.2) is 0 Å². The fraction of sp³-hybridized carbons (Fsp3) is 0.0278. The second kappa shape index (κ2) is 17.1. The van der Waals surface area contributed by atoms with E-state index >= 15 is 0 Å². The van der Waals surface area contributed by atoms with Gasteiger partial charge in [-0.25, -0.2) is 0 Å². The lowest BCUT2D eigenvalue weighted by molar-refractivity contribution is 0.670. The van der Waals surface area contributed by atoms with Crippen LogP contribution in [0.3, 0.4) is 0 Å². The molecular formula is C72H46N2OS. The standard InChI is InChI=1S/C72H46N2OS/c1-3-14-46(15-4-1)55-21-12-24-60-61-25-13-22-56(72(61)76-71(55)60)48-32-37-53(38-33-48)74-67-39-34-49(45-28-30-47(31-29-45)54-20-11-23-59-58-19-8-10-27-69(58)75-70(54)59)42-63(67)64-44-51(36-41-68(64)74)50-35-40-66-62(43-50)57-18-7-9-26-65(57)73(66)52-16-5-2-6-17-52/h1-24,26-44,61H,25H2. The minimum Gasteiger partial charge on any atom is -0.455 e. The van der Waals surface area contributed by atoms with Crippen LogP contribution in [0.15, 0.2) is 275 Å². The number of fused-ring (bicyclic) bond motifs is 12. The topological polar surface area (TPSA) is 23.0 Å². The number of para-hydroxylation sites is 4. The van der Waals surface area contributed by atoms with E-state index in [4.69, 9.17) is 4.42 Å². The number of hydrogen-bond donors (Lipinski definition) is 0. The van der Waals surface area contributed by atoms with Crippen molar-refractivity contribution in [1.29, 1.82) is 0 Å². The predicted molar refractivity (Wildman–Crippen MR) is 320 cm³/mol. The van der Waals surface area contributed by atoms with E-state index in [-0.39, 0.29) is 0 Å². The highest BCUT2D eigenvalue weighted by Crippen LogP contribution is 2.57. The lowest BCUT2D eigenvalue weighted by Gasteiger charge is -2.19. The normalized spacial score (nSPS) is 14.2. The molecule has 11 aromatic carbocycles. The van der Waals surface area contributed by atoms with Crippen molar-refractivity contribution in [3.8, 4) is 55.9 Å². The van der Waals surface area contributed by atoms with Crippen LogP contribution >= 0.6 is 11.8 Å². The number of allylic oxidation sites excluding steroid dienone is 4. The van der Waals surface area contributed by atoms with E-state index < -0.39 is 0 Å². The second-order valence-electron chi connectivity index (χ2n) is 20.3. The van der Waals surface area contributed by atoms with Crippen molar-refractivity contribution < 1.29 is 4.42 Å². The summed E-state index contributed by atoms with van der Waals surface area (Å²) in [7, 11) is 0. The molecule has 0 saturated carbocycles. The van der Waals surface area contributed by atoms with E-state index in [0.717, 1.165) is 50.9 Å². The lowest BCUT2D eigenvalue weighted by atomic mass is 9.86. The van der Waals surface area contributed by atoms with Gasteiger partial charge in [0, 0.05) is 65.0 Å². The average molecular weight is 987 g/mol. The molecule has 0 bridgehead atoms. The van der Waals surface area contributed by atoms with Crippen LogP contribution in [-0.4, -0.2) is 9.13 Å². The molecule has 0 spiro atoms. The summed E-state index contributed by atoms with van der Waals surface area (Å²) in [6.45, 7) is 0. The molecular weight excluding hydrogens is 941 g/mol. The van der Waals surface area contributed by atoms with E-state index in [2.05, 4.69) is 264 Å². The minimum atomic E-state index is 0.370. The maximum atomic E-state index is 6.46. The summed E-state index contributed by atoms with van der Waals surface area (Å²) in [5.74, 6) is 0.370. The Morgan fingerprint density at radius 2 is 0.882 bits per heavy atom. The Morgan fingerprint density at radius 1 is 0.368 bits per heavy atom. The van der Waals surface area contributed by atoms with E-state index in [1.54, 1.807) is 0 Å². The fourth-order valence-electron chi connectivity index (χ4n) is 12.5. The van der Waals surface area contributed by atoms with E-state index in [1.807, 2.05) is 17.8 Å². The molecule has 14 aromatic rings. The first-order valence-corrected chi connectivity index (χ1v) is 27.1. The van der Waals surface area contributed by atoms with Gasteiger partial charge in [-0.2, -0.15) is 0 Å². The molecule has 1 aliphatic carbocycles. The van der Waals surface area contributed by atoms with Gasteiger partial charge in [-0.1, -0.05) is 200 Å². The summed E-state index contributed by atoms with van der Waals surface area (Å²) in [6, 6.07) is 91.3. The summed E-state index contributed by atoms with van der Waals surface area (Å²) in [5, 5.41) is 7.21. The number of rotatable bonds is 7. The molecule has 4 heteroatoms. The van der Waals surface area contributed by atoms with Gasteiger partial charge < -0.3 is 13.6 Å². The highest BCUT2D eigenvalue weighted by molar-refractivity contribution is 8.03. The number of hydrogen-bond acceptors (Lipinski definition) is 2. The Bertz CT molecular complexity index is 4720. The molecule has 1 unspecified atom stereocenters. The number of benzene rings is 11. The highest BCUT2D eigenvalue weighted by Gasteiger charge is 2.33. The zero-order valence-corrected chi connectivity index (χ0v) is 42.1. The largest absolute Gasteiger partial charge is 0.455 e. The molecule has 356 valence electrons. The number of nitrogens with zero attached hydrogens (tertiary/aromatic N) is 2.